The summed E-state index contributed by atoms with van der Waals surface area (Å²) in [6, 6.07) is 8.35. The Morgan fingerprint density at radius 2 is 2.24 bits per heavy atom. The van der Waals surface area contributed by atoms with Crippen LogP contribution in [-0.4, -0.2) is 11.1 Å². The minimum atomic E-state index is -0.999. The molecule has 0 radical (unpaired) electrons. The van der Waals surface area contributed by atoms with Gasteiger partial charge in [-0.25, -0.2) is 4.79 Å². The molecule has 2 rings (SSSR count). The van der Waals surface area contributed by atoms with E-state index in [9.17, 15) is 4.79 Å². The van der Waals surface area contributed by atoms with Crippen LogP contribution in [0.2, 0.25) is 0 Å². The molecule has 0 aliphatic rings. The molecule has 0 amide bonds. The van der Waals surface area contributed by atoms with Crippen molar-refractivity contribution in [2.45, 2.75) is 6.61 Å². The highest BCUT2D eigenvalue weighted by Crippen LogP contribution is 2.24. The van der Waals surface area contributed by atoms with Gasteiger partial charge in [-0.15, -0.1) is 11.3 Å². The largest absolute Gasteiger partial charge is 0.486 e. The summed E-state index contributed by atoms with van der Waals surface area (Å²) in [7, 11) is 0. The van der Waals surface area contributed by atoms with Gasteiger partial charge in [-0.1, -0.05) is 6.07 Å². The third-order valence-corrected chi connectivity index (χ3v) is 3.06. The summed E-state index contributed by atoms with van der Waals surface area (Å²) in [4.78, 5) is 11.8. The van der Waals surface area contributed by atoms with E-state index < -0.39 is 5.97 Å². The molecule has 0 bridgehead atoms. The van der Waals surface area contributed by atoms with Crippen molar-refractivity contribution in [3.8, 4) is 5.75 Å². The Morgan fingerprint density at radius 3 is 2.82 bits per heavy atom. The van der Waals surface area contributed by atoms with Crippen LogP contribution in [0.25, 0.3) is 0 Å². The fourth-order valence-corrected chi connectivity index (χ4v) is 1.97. The van der Waals surface area contributed by atoms with Crippen molar-refractivity contribution in [1.29, 1.82) is 0 Å². The molecule has 0 aliphatic heterocycles. The molecule has 0 spiro atoms. The zero-order valence-corrected chi connectivity index (χ0v) is 9.74. The summed E-state index contributed by atoms with van der Waals surface area (Å²) in [5.74, 6) is -0.495. The lowest BCUT2D eigenvalue weighted by molar-refractivity contribution is 0.0697. The Balaban J connectivity index is 2.09. The normalized spacial score (nSPS) is 10.1. The second-order valence-corrected chi connectivity index (χ2v) is 4.46. The minimum Gasteiger partial charge on any atom is -0.486 e. The van der Waals surface area contributed by atoms with E-state index in [0.29, 0.717) is 18.0 Å². The zero-order chi connectivity index (χ0) is 12.3. The van der Waals surface area contributed by atoms with Crippen LogP contribution < -0.4 is 10.5 Å². The number of rotatable bonds is 4. The second-order valence-electron chi connectivity index (χ2n) is 3.43. The van der Waals surface area contributed by atoms with Gasteiger partial charge in [0, 0.05) is 4.88 Å². The summed E-state index contributed by atoms with van der Waals surface area (Å²) < 4.78 is 5.51. The van der Waals surface area contributed by atoms with Gasteiger partial charge in [0.15, 0.2) is 0 Å². The van der Waals surface area contributed by atoms with Crippen LogP contribution in [0, 0.1) is 0 Å². The molecule has 1 aromatic carbocycles. The molecule has 0 fully saturated rings. The Labute approximate surface area is 102 Å². The van der Waals surface area contributed by atoms with Crippen molar-refractivity contribution in [2.24, 2.45) is 0 Å². The molecule has 4 nitrogen and oxygen atoms in total. The fourth-order valence-electron chi connectivity index (χ4n) is 1.36. The van der Waals surface area contributed by atoms with Crippen molar-refractivity contribution in [1.82, 2.24) is 0 Å². The standard InChI is InChI=1S/C12H11NO3S/c13-10-6-8(12(14)15)3-4-11(10)16-7-9-2-1-5-17-9/h1-6H,7,13H2,(H,14,15). The van der Waals surface area contributed by atoms with Gasteiger partial charge in [-0.2, -0.15) is 0 Å². The number of benzene rings is 1. The lowest BCUT2D eigenvalue weighted by atomic mass is 10.2. The van der Waals surface area contributed by atoms with E-state index in [-0.39, 0.29) is 5.56 Å². The lowest BCUT2D eigenvalue weighted by Gasteiger charge is -2.08. The molecule has 0 saturated carbocycles. The molecule has 0 aliphatic carbocycles. The van der Waals surface area contributed by atoms with Crippen LogP contribution in [-0.2, 0) is 6.61 Å². The number of hydrogen-bond acceptors (Lipinski definition) is 4. The maximum atomic E-state index is 10.7. The maximum Gasteiger partial charge on any atom is 0.335 e. The van der Waals surface area contributed by atoms with Crippen molar-refractivity contribution < 1.29 is 14.6 Å². The Bertz CT molecular complexity index is 523. The van der Waals surface area contributed by atoms with Gasteiger partial charge in [0.2, 0.25) is 0 Å². The number of aromatic carboxylic acids is 1. The van der Waals surface area contributed by atoms with Gasteiger partial charge in [0.1, 0.15) is 12.4 Å². The monoisotopic (exact) mass is 249 g/mol. The summed E-state index contributed by atoms with van der Waals surface area (Å²) in [6.07, 6.45) is 0. The van der Waals surface area contributed by atoms with Gasteiger partial charge in [0.25, 0.3) is 0 Å². The van der Waals surface area contributed by atoms with E-state index >= 15 is 0 Å². The Morgan fingerprint density at radius 1 is 1.41 bits per heavy atom. The van der Waals surface area contributed by atoms with Crippen LogP contribution in [0.4, 0.5) is 5.69 Å². The summed E-state index contributed by atoms with van der Waals surface area (Å²) in [5.41, 5.74) is 6.21. The summed E-state index contributed by atoms with van der Waals surface area (Å²) >= 11 is 1.60. The first-order chi connectivity index (χ1) is 8.16. The lowest BCUT2D eigenvalue weighted by Crippen LogP contribution is -2.01. The summed E-state index contributed by atoms with van der Waals surface area (Å²) in [5, 5.41) is 10.8. The first-order valence-corrected chi connectivity index (χ1v) is 5.83. The van der Waals surface area contributed by atoms with E-state index in [2.05, 4.69) is 0 Å². The molecule has 1 aromatic heterocycles. The molecule has 5 heteroatoms. The van der Waals surface area contributed by atoms with Crippen LogP contribution in [0.3, 0.4) is 0 Å². The minimum absolute atomic E-state index is 0.158. The second kappa shape index (κ2) is 4.88. The Kier molecular flexibility index (Phi) is 3.30. The number of nitrogens with two attached hydrogens (primary N) is 1. The average Bonchev–Trinajstić information content (AvgIpc) is 2.80. The zero-order valence-electron chi connectivity index (χ0n) is 8.92. The molecule has 2 aromatic rings. The molecular weight excluding hydrogens is 238 g/mol. The highest BCUT2D eigenvalue weighted by molar-refractivity contribution is 7.09. The van der Waals surface area contributed by atoms with Crippen LogP contribution in [0.1, 0.15) is 15.2 Å². The van der Waals surface area contributed by atoms with E-state index in [1.807, 2.05) is 17.5 Å². The average molecular weight is 249 g/mol. The molecule has 1 heterocycles. The molecule has 88 valence electrons. The molecule has 3 N–H and O–H groups in total. The maximum absolute atomic E-state index is 10.7. The quantitative estimate of drug-likeness (QED) is 0.817. The molecule has 0 unspecified atom stereocenters. The first-order valence-electron chi connectivity index (χ1n) is 4.95. The highest BCUT2D eigenvalue weighted by Gasteiger charge is 2.07. The van der Waals surface area contributed by atoms with Crippen LogP contribution >= 0.6 is 11.3 Å². The molecule has 17 heavy (non-hydrogen) atoms. The van der Waals surface area contributed by atoms with E-state index in [1.54, 1.807) is 17.4 Å². The van der Waals surface area contributed by atoms with Gasteiger partial charge in [-0.05, 0) is 29.6 Å². The third kappa shape index (κ3) is 2.76. The Hall–Kier alpha value is -2.01. The van der Waals surface area contributed by atoms with E-state index in [4.69, 9.17) is 15.6 Å². The number of hydrogen-bond donors (Lipinski definition) is 2. The van der Waals surface area contributed by atoms with Gasteiger partial charge >= 0.3 is 5.97 Å². The van der Waals surface area contributed by atoms with Gasteiger partial charge in [0.05, 0.1) is 11.3 Å². The summed E-state index contributed by atoms with van der Waals surface area (Å²) in [6.45, 7) is 0.439. The van der Waals surface area contributed by atoms with Crippen molar-refractivity contribution >= 4 is 23.0 Å². The van der Waals surface area contributed by atoms with E-state index in [0.717, 1.165) is 4.88 Å². The highest BCUT2D eigenvalue weighted by atomic mass is 32.1. The van der Waals surface area contributed by atoms with Gasteiger partial charge < -0.3 is 15.6 Å². The van der Waals surface area contributed by atoms with Crippen molar-refractivity contribution in [2.75, 3.05) is 5.73 Å². The molecule has 0 atom stereocenters. The SMILES string of the molecule is Nc1cc(C(=O)O)ccc1OCc1cccs1. The molecular formula is C12H11NO3S. The number of carbonyl (C=O) groups is 1. The third-order valence-electron chi connectivity index (χ3n) is 2.21. The van der Waals surface area contributed by atoms with Crippen molar-refractivity contribution in [3.63, 3.8) is 0 Å². The topological polar surface area (TPSA) is 72.6 Å². The number of carboxylic acids is 1. The number of ether oxygens (including phenoxy) is 1. The number of thiophene rings is 1. The molecule has 0 saturated heterocycles. The number of nitrogen functional groups attached to an aromatic ring is 1. The fraction of sp³-hybridized carbons (Fsp3) is 0.0833. The van der Waals surface area contributed by atoms with Crippen LogP contribution in [0.15, 0.2) is 35.7 Å². The first kappa shape index (κ1) is 11.5. The number of carboxylic acid groups (broad SMARTS) is 1. The number of anilines is 1. The van der Waals surface area contributed by atoms with Crippen LogP contribution in [0.5, 0.6) is 5.75 Å². The smallest absolute Gasteiger partial charge is 0.335 e. The van der Waals surface area contributed by atoms with Gasteiger partial charge in [-0.3, -0.25) is 0 Å². The predicted octanol–water partition coefficient (Wildman–Crippen LogP) is 2.61. The van der Waals surface area contributed by atoms with E-state index in [1.165, 1.54) is 12.1 Å². The van der Waals surface area contributed by atoms with Crippen molar-refractivity contribution in [3.05, 3.63) is 46.2 Å². The predicted molar refractivity (Wildman–Crippen MR) is 66.5 cm³/mol.